The molecule has 0 aliphatic carbocycles. The Hall–Kier alpha value is -2.58. The summed E-state index contributed by atoms with van der Waals surface area (Å²) in [6.07, 6.45) is 4.82. The standard InChI is InChI=1S/C23H27N3O3S2/c1-16-12-17(2)14-20(13-16)26-11-10-24-23(26)30-15-22(27)25(4)18(3)19-6-8-21(9-7-19)31(5,28)29/h6-14,18H,15H2,1-5H3. The highest BCUT2D eigenvalue weighted by molar-refractivity contribution is 7.99. The third kappa shape index (κ3) is 5.57. The summed E-state index contributed by atoms with van der Waals surface area (Å²) in [5.41, 5.74) is 4.25. The van der Waals surface area contributed by atoms with Gasteiger partial charge in [0.1, 0.15) is 0 Å². The first-order valence-electron chi connectivity index (χ1n) is 9.87. The molecule has 8 heteroatoms. The molecule has 1 atom stereocenters. The highest BCUT2D eigenvalue weighted by Crippen LogP contribution is 2.25. The van der Waals surface area contributed by atoms with Gasteiger partial charge < -0.3 is 4.90 Å². The van der Waals surface area contributed by atoms with Gasteiger partial charge in [0.05, 0.1) is 16.7 Å². The van der Waals surface area contributed by atoms with Crippen molar-refractivity contribution in [2.75, 3.05) is 19.1 Å². The zero-order valence-electron chi connectivity index (χ0n) is 18.4. The van der Waals surface area contributed by atoms with E-state index in [0.717, 1.165) is 16.4 Å². The number of sulfone groups is 1. The summed E-state index contributed by atoms with van der Waals surface area (Å²) < 4.78 is 25.3. The fraction of sp³-hybridized carbons (Fsp3) is 0.304. The molecule has 3 aromatic rings. The molecule has 0 saturated carbocycles. The van der Waals surface area contributed by atoms with Gasteiger partial charge in [-0.2, -0.15) is 0 Å². The van der Waals surface area contributed by atoms with Crippen molar-refractivity contribution in [2.45, 2.75) is 36.9 Å². The Labute approximate surface area is 188 Å². The molecule has 164 valence electrons. The predicted octanol–water partition coefficient (Wildman–Crippen LogP) is 4.20. The summed E-state index contributed by atoms with van der Waals surface area (Å²) in [5, 5.41) is 0.761. The first kappa shape index (κ1) is 23.1. The van der Waals surface area contributed by atoms with Crippen molar-refractivity contribution < 1.29 is 13.2 Å². The largest absolute Gasteiger partial charge is 0.338 e. The molecule has 31 heavy (non-hydrogen) atoms. The second-order valence-electron chi connectivity index (χ2n) is 7.74. The Balaban J connectivity index is 1.68. The number of hydrogen-bond donors (Lipinski definition) is 0. The first-order valence-corrected chi connectivity index (χ1v) is 12.7. The van der Waals surface area contributed by atoms with Crippen LogP contribution in [0.15, 0.2) is 64.9 Å². The molecule has 0 saturated heterocycles. The van der Waals surface area contributed by atoms with Crippen LogP contribution in [0.2, 0.25) is 0 Å². The van der Waals surface area contributed by atoms with Crippen molar-refractivity contribution in [3.05, 3.63) is 71.5 Å². The number of aryl methyl sites for hydroxylation is 2. The van der Waals surface area contributed by atoms with Crippen molar-refractivity contribution in [3.8, 4) is 5.69 Å². The van der Waals surface area contributed by atoms with Gasteiger partial charge >= 0.3 is 0 Å². The highest BCUT2D eigenvalue weighted by atomic mass is 32.2. The molecule has 1 amide bonds. The molecule has 0 fully saturated rings. The number of carbonyl (C=O) groups is 1. The summed E-state index contributed by atoms with van der Waals surface area (Å²) in [5.74, 6) is 0.226. The number of thioether (sulfide) groups is 1. The molecule has 0 aliphatic heterocycles. The molecule has 6 nitrogen and oxygen atoms in total. The van der Waals surface area contributed by atoms with Gasteiger partial charge in [-0.05, 0) is 61.7 Å². The number of nitrogens with zero attached hydrogens (tertiary/aromatic N) is 3. The minimum atomic E-state index is -3.24. The summed E-state index contributed by atoms with van der Waals surface area (Å²) in [6, 6.07) is 12.8. The Morgan fingerprint density at radius 1 is 1.13 bits per heavy atom. The van der Waals surface area contributed by atoms with Gasteiger partial charge in [-0.1, -0.05) is 30.0 Å². The lowest BCUT2D eigenvalue weighted by Crippen LogP contribution is -2.31. The molecule has 0 bridgehead atoms. The average Bonchev–Trinajstić information content (AvgIpc) is 3.18. The summed E-state index contributed by atoms with van der Waals surface area (Å²) >= 11 is 1.40. The number of imidazole rings is 1. The van der Waals surface area contributed by atoms with Crippen molar-refractivity contribution >= 4 is 27.5 Å². The lowest BCUT2D eigenvalue weighted by atomic mass is 10.1. The van der Waals surface area contributed by atoms with Crippen LogP contribution >= 0.6 is 11.8 Å². The quantitative estimate of drug-likeness (QED) is 0.497. The second kappa shape index (κ2) is 9.28. The summed E-state index contributed by atoms with van der Waals surface area (Å²) in [6.45, 7) is 6.04. The first-order chi connectivity index (χ1) is 14.6. The number of benzene rings is 2. The molecule has 3 rings (SSSR count). The zero-order valence-corrected chi connectivity index (χ0v) is 20.0. The fourth-order valence-electron chi connectivity index (χ4n) is 3.34. The molecule has 0 radical (unpaired) electrons. The third-order valence-corrected chi connectivity index (χ3v) is 7.26. The van der Waals surface area contributed by atoms with E-state index >= 15 is 0 Å². The topological polar surface area (TPSA) is 72.3 Å². The van der Waals surface area contributed by atoms with Crippen LogP contribution in [0.25, 0.3) is 5.69 Å². The molecular weight excluding hydrogens is 430 g/mol. The van der Waals surface area contributed by atoms with Gasteiger partial charge in [0, 0.05) is 31.4 Å². The van der Waals surface area contributed by atoms with Crippen molar-refractivity contribution in [3.63, 3.8) is 0 Å². The van der Waals surface area contributed by atoms with Crippen LogP contribution in [0.1, 0.15) is 29.7 Å². The van der Waals surface area contributed by atoms with Gasteiger partial charge in [-0.25, -0.2) is 13.4 Å². The van der Waals surface area contributed by atoms with Crippen LogP contribution in [0.4, 0.5) is 0 Å². The van der Waals surface area contributed by atoms with E-state index in [0.29, 0.717) is 0 Å². The van der Waals surface area contributed by atoms with E-state index in [9.17, 15) is 13.2 Å². The number of aromatic nitrogens is 2. The normalized spacial score (nSPS) is 12.5. The van der Waals surface area contributed by atoms with Gasteiger partial charge in [-0.15, -0.1) is 0 Å². The van der Waals surface area contributed by atoms with Gasteiger partial charge in [0.2, 0.25) is 5.91 Å². The Morgan fingerprint density at radius 3 is 2.32 bits per heavy atom. The second-order valence-corrected chi connectivity index (χ2v) is 10.7. The van der Waals surface area contributed by atoms with Gasteiger partial charge in [0.25, 0.3) is 0 Å². The van der Waals surface area contributed by atoms with Crippen LogP contribution in [-0.4, -0.2) is 47.8 Å². The Bertz CT molecular complexity index is 1160. The summed E-state index contributed by atoms with van der Waals surface area (Å²) in [4.78, 5) is 19.2. The highest BCUT2D eigenvalue weighted by Gasteiger charge is 2.19. The predicted molar refractivity (Wildman–Crippen MR) is 124 cm³/mol. The number of carbonyl (C=O) groups excluding carboxylic acids is 1. The van der Waals surface area contributed by atoms with E-state index in [2.05, 4.69) is 37.0 Å². The Morgan fingerprint density at radius 2 is 1.74 bits per heavy atom. The fourth-order valence-corrected chi connectivity index (χ4v) is 4.87. The van der Waals surface area contributed by atoms with Gasteiger partial charge in [0.15, 0.2) is 15.0 Å². The molecule has 0 spiro atoms. The molecule has 1 heterocycles. The maximum atomic E-state index is 12.8. The minimum Gasteiger partial charge on any atom is -0.338 e. The van der Waals surface area contributed by atoms with E-state index in [-0.39, 0.29) is 22.6 Å². The molecule has 1 unspecified atom stereocenters. The maximum Gasteiger partial charge on any atom is 0.233 e. The van der Waals surface area contributed by atoms with E-state index < -0.39 is 9.84 Å². The number of amides is 1. The van der Waals surface area contributed by atoms with E-state index in [4.69, 9.17) is 0 Å². The Kier molecular flexibility index (Phi) is 6.91. The number of rotatable bonds is 7. The zero-order chi connectivity index (χ0) is 22.8. The maximum absolute atomic E-state index is 12.8. The molecule has 1 aromatic heterocycles. The van der Waals surface area contributed by atoms with Crippen LogP contribution in [0.5, 0.6) is 0 Å². The lowest BCUT2D eigenvalue weighted by molar-refractivity contribution is -0.128. The van der Waals surface area contributed by atoms with Crippen molar-refractivity contribution in [2.24, 2.45) is 0 Å². The van der Waals surface area contributed by atoms with E-state index in [1.807, 2.05) is 17.7 Å². The lowest BCUT2D eigenvalue weighted by Gasteiger charge is -2.25. The molecule has 0 aliphatic rings. The smallest absolute Gasteiger partial charge is 0.233 e. The van der Waals surface area contributed by atoms with E-state index in [1.165, 1.54) is 29.1 Å². The average molecular weight is 458 g/mol. The third-order valence-electron chi connectivity index (χ3n) is 5.18. The monoisotopic (exact) mass is 457 g/mol. The molecule has 0 N–H and O–H groups in total. The van der Waals surface area contributed by atoms with Crippen LogP contribution in [-0.2, 0) is 14.6 Å². The van der Waals surface area contributed by atoms with E-state index in [1.54, 1.807) is 42.4 Å². The van der Waals surface area contributed by atoms with Crippen LogP contribution < -0.4 is 0 Å². The molecular formula is C23H27N3O3S2. The van der Waals surface area contributed by atoms with Crippen molar-refractivity contribution in [1.82, 2.24) is 14.5 Å². The summed E-state index contributed by atoms with van der Waals surface area (Å²) in [7, 11) is -1.48. The molecule has 2 aromatic carbocycles. The van der Waals surface area contributed by atoms with Crippen molar-refractivity contribution in [1.29, 1.82) is 0 Å². The van der Waals surface area contributed by atoms with Crippen LogP contribution in [0, 0.1) is 13.8 Å². The van der Waals surface area contributed by atoms with Gasteiger partial charge in [-0.3, -0.25) is 9.36 Å². The number of hydrogen-bond acceptors (Lipinski definition) is 5. The SMILES string of the molecule is Cc1cc(C)cc(-n2ccnc2SCC(=O)N(C)C(C)c2ccc(S(C)(=O)=O)cc2)c1. The van der Waals surface area contributed by atoms with Crippen LogP contribution in [0.3, 0.4) is 0 Å². The minimum absolute atomic E-state index is 0.0281.